The average Bonchev–Trinajstić information content (AvgIpc) is 2.46. The molecular weight excluding hydrogens is 351 g/mol. The molecule has 1 nitrogen and oxygen atoms in total. The normalized spacial score (nSPS) is 11.6. The van der Waals surface area contributed by atoms with E-state index in [9.17, 15) is 0 Å². The second-order valence-corrected chi connectivity index (χ2v) is 19.3. The minimum absolute atomic E-state index is 0.810. The van der Waals surface area contributed by atoms with E-state index in [1.54, 1.807) is 0 Å². The molecule has 0 aromatic rings. The van der Waals surface area contributed by atoms with Crippen LogP contribution < -0.4 is 0 Å². The third kappa shape index (κ3) is 7.95. The average molecular weight is 389 g/mol. The maximum absolute atomic E-state index is 5.96. The number of hydrogen-bond donors (Lipinski definition) is 0. The van der Waals surface area contributed by atoms with Crippen molar-refractivity contribution in [2.45, 2.75) is 92.4 Å². The van der Waals surface area contributed by atoms with Crippen LogP contribution in [0.2, 0.25) is 13.3 Å². The zero-order valence-corrected chi connectivity index (χ0v) is 17.5. The summed E-state index contributed by atoms with van der Waals surface area (Å²) >= 11 is -2.29. The van der Waals surface area contributed by atoms with E-state index < -0.39 is 18.4 Å². The summed E-state index contributed by atoms with van der Waals surface area (Å²) in [5.41, 5.74) is 0. The first-order chi connectivity index (χ1) is 9.66. The molecule has 0 rings (SSSR count). The molecule has 0 saturated heterocycles. The Morgan fingerprint density at radius 2 is 1.25 bits per heavy atom. The topological polar surface area (TPSA) is 9.23 Å². The molecule has 0 aromatic carbocycles. The molecule has 0 aromatic heterocycles. The summed E-state index contributed by atoms with van der Waals surface area (Å²) in [6.45, 7) is 14.2. The third-order valence-corrected chi connectivity index (χ3v) is 19.4. The Balaban J connectivity index is 4.73. The zero-order valence-electron chi connectivity index (χ0n) is 14.6. The first-order valence-corrected chi connectivity index (χ1v) is 16.5. The van der Waals surface area contributed by atoms with Crippen LogP contribution in [0.25, 0.3) is 0 Å². The molecule has 0 bridgehead atoms. The van der Waals surface area contributed by atoms with Crippen LogP contribution in [-0.4, -0.2) is 25.0 Å². The second-order valence-electron chi connectivity index (χ2n) is 6.15. The summed E-state index contributed by atoms with van der Waals surface area (Å²) < 4.78 is 11.7. The van der Waals surface area contributed by atoms with E-state index in [0.29, 0.717) is 0 Å². The van der Waals surface area contributed by atoms with Crippen LogP contribution >= 0.6 is 0 Å². The molecular formula is C18H38OSn. The van der Waals surface area contributed by atoms with Crippen molar-refractivity contribution < 1.29 is 4.74 Å². The van der Waals surface area contributed by atoms with E-state index in [-0.39, 0.29) is 0 Å². The van der Waals surface area contributed by atoms with Crippen molar-refractivity contribution >= 4 is 18.4 Å². The maximum atomic E-state index is 5.96. The van der Waals surface area contributed by atoms with Crippen molar-refractivity contribution in [3.05, 3.63) is 10.4 Å². The molecule has 120 valence electrons. The Bertz CT molecular complexity index is 230. The Morgan fingerprint density at radius 1 is 0.750 bits per heavy atom. The van der Waals surface area contributed by atoms with Crippen molar-refractivity contribution in [1.29, 1.82) is 0 Å². The monoisotopic (exact) mass is 390 g/mol. The predicted octanol–water partition coefficient (Wildman–Crippen LogP) is 6.71. The van der Waals surface area contributed by atoms with Gasteiger partial charge >= 0.3 is 132 Å². The van der Waals surface area contributed by atoms with Gasteiger partial charge in [-0.3, -0.25) is 0 Å². The Kier molecular flexibility index (Phi) is 13.3. The van der Waals surface area contributed by atoms with Crippen LogP contribution in [-0.2, 0) is 4.74 Å². The molecule has 0 N–H and O–H groups in total. The summed E-state index contributed by atoms with van der Waals surface area (Å²) in [5, 5.41) is 0. The van der Waals surface area contributed by atoms with Crippen molar-refractivity contribution in [3.8, 4) is 0 Å². The third-order valence-electron chi connectivity index (χ3n) is 4.44. The molecule has 0 unspecified atom stereocenters. The van der Waals surface area contributed by atoms with Crippen molar-refractivity contribution in [3.63, 3.8) is 0 Å². The van der Waals surface area contributed by atoms with Crippen LogP contribution in [0.15, 0.2) is 10.4 Å². The predicted molar refractivity (Wildman–Crippen MR) is 94.9 cm³/mol. The SMILES string of the molecule is C=[C](OCC)[Sn]([CH2]CCC)([CH2]CCC)[CH2]CCCCC. The Labute approximate surface area is 132 Å². The van der Waals surface area contributed by atoms with E-state index in [1.807, 2.05) is 0 Å². The van der Waals surface area contributed by atoms with Gasteiger partial charge < -0.3 is 0 Å². The van der Waals surface area contributed by atoms with Gasteiger partial charge in [0.15, 0.2) is 0 Å². The van der Waals surface area contributed by atoms with Crippen molar-refractivity contribution in [2.24, 2.45) is 0 Å². The van der Waals surface area contributed by atoms with Crippen LogP contribution in [0.5, 0.6) is 0 Å². The Morgan fingerprint density at radius 3 is 1.70 bits per heavy atom. The number of ether oxygens (including phenoxy) is 1. The van der Waals surface area contributed by atoms with E-state index in [0.717, 1.165) is 6.61 Å². The van der Waals surface area contributed by atoms with E-state index in [2.05, 4.69) is 34.3 Å². The Hall–Kier alpha value is 0.339. The summed E-state index contributed by atoms with van der Waals surface area (Å²) in [5.74, 6) is 0. The fourth-order valence-corrected chi connectivity index (χ4v) is 17.4. The van der Waals surface area contributed by atoms with E-state index in [4.69, 9.17) is 4.74 Å². The number of rotatable bonds is 14. The molecule has 0 aliphatic carbocycles. The van der Waals surface area contributed by atoms with Gasteiger partial charge in [0, 0.05) is 0 Å². The van der Waals surface area contributed by atoms with Crippen LogP contribution in [0.4, 0.5) is 0 Å². The molecule has 0 heterocycles. The van der Waals surface area contributed by atoms with Gasteiger partial charge in [0.25, 0.3) is 0 Å². The minimum atomic E-state index is -2.29. The molecule has 0 spiro atoms. The van der Waals surface area contributed by atoms with Gasteiger partial charge in [0.1, 0.15) is 0 Å². The molecule has 20 heavy (non-hydrogen) atoms. The van der Waals surface area contributed by atoms with Gasteiger partial charge in [-0.1, -0.05) is 0 Å². The summed E-state index contributed by atoms with van der Waals surface area (Å²) in [7, 11) is 0. The molecule has 0 aliphatic rings. The molecule has 0 atom stereocenters. The molecule has 0 saturated carbocycles. The number of hydrogen-bond acceptors (Lipinski definition) is 1. The quantitative estimate of drug-likeness (QED) is 0.182. The van der Waals surface area contributed by atoms with Gasteiger partial charge in [0.2, 0.25) is 0 Å². The first kappa shape index (κ1) is 20.3. The van der Waals surface area contributed by atoms with Crippen LogP contribution in [0, 0.1) is 0 Å². The zero-order chi connectivity index (χ0) is 15.3. The molecule has 0 amide bonds. The van der Waals surface area contributed by atoms with Crippen LogP contribution in [0.3, 0.4) is 0 Å². The molecule has 2 heteroatoms. The fourth-order valence-electron chi connectivity index (χ4n) is 3.04. The summed E-state index contributed by atoms with van der Waals surface area (Å²) in [4.78, 5) is 0. The van der Waals surface area contributed by atoms with Crippen molar-refractivity contribution in [2.75, 3.05) is 6.61 Å². The van der Waals surface area contributed by atoms with Gasteiger partial charge in [-0.2, -0.15) is 0 Å². The van der Waals surface area contributed by atoms with Gasteiger partial charge in [-0.15, -0.1) is 0 Å². The first-order valence-electron chi connectivity index (χ1n) is 8.99. The summed E-state index contributed by atoms with van der Waals surface area (Å²) in [6.07, 6.45) is 11.0. The molecule has 0 radical (unpaired) electrons. The fraction of sp³-hybridized carbons (Fsp3) is 0.889. The molecule has 0 fully saturated rings. The molecule has 0 aliphatic heterocycles. The van der Waals surface area contributed by atoms with Crippen molar-refractivity contribution in [1.82, 2.24) is 0 Å². The van der Waals surface area contributed by atoms with Gasteiger partial charge in [-0.25, -0.2) is 0 Å². The van der Waals surface area contributed by atoms with Gasteiger partial charge in [0.05, 0.1) is 0 Å². The summed E-state index contributed by atoms with van der Waals surface area (Å²) in [6, 6.07) is 0. The standard InChI is InChI=1S/C6H13.C4H7O.2C4H9.Sn/c1-3-5-6-4-2;1-3-5-4-2;2*1-3-4-2;/h1,3-6H2,2H3;1,4H2,2H3;2*1,3-4H2,2H3;. The second kappa shape index (κ2) is 13.0. The van der Waals surface area contributed by atoms with Gasteiger partial charge in [-0.05, 0) is 0 Å². The van der Waals surface area contributed by atoms with E-state index >= 15 is 0 Å². The van der Waals surface area contributed by atoms with Crippen LogP contribution in [0.1, 0.15) is 79.1 Å². The number of unbranched alkanes of at least 4 members (excludes halogenated alkanes) is 5. The van der Waals surface area contributed by atoms with E-state index in [1.165, 1.54) is 68.5 Å².